The third kappa shape index (κ3) is 2.30. The number of aromatic nitrogens is 3. The molecule has 0 saturated carbocycles. The summed E-state index contributed by atoms with van der Waals surface area (Å²) in [6.45, 7) is 3.88. The summed E-state index contributed by atoms with van der Waals surface area (Å²) in [5.41, 5.74) is 0.798. The van der Waals surface area contributed by atoms with Crippen LogP contribution < -0.4 is 0 Å². The summed E-state index contributed by atoms with van der Waals surface area (Å²) in [6.07, 6.45) is 0. The number of aliphatic hydroxyl groups excluding tert-OH is 1. The van der Waals surface area contributed by atoms with Gasteiger partial charge in [-0.25, -0.2) is 0 Å². The predicted octanol–water partition coefficient (Wildman–Crippen LogP) is 3.43. The number of rotatable bonds is 3. The first-order valence-electron chi connectivity index (χ1n) is 5.55. The molecule has 0 spiro atoms. The molecule has 1 aromatic carbocycles. The zero-order valence-corrected chi connectivity index (χ0v) is 12.4. The molecule has 0 fully saturated rings. The summed E-state index contributed by atoms with van der Waals surface area (Å²) in [5.74, 6) is 1.20. The van der Waals surface area contributed by atoms with E-state index in [1.807, 2.05) is 36.6 Å². The number of hydrogen-bond acceptors (Lipinski definition) is 3. The van der Waals surface area contributed by atoms with E-state index in [2.05, 4.69) is 26.1 Å². The lowest BCUT2D eigenvalue weighted by molar-refractivity contribution is 0.262. The van der Waals surface area contributed by atoms with Crippen molar-refractivity contribution >= 4 is 27.5 Å². The molecule has 18 heavy (non-hydrogen) atoms. The molecule has 1 N–H and O–H groups in total. The van der Waals surface area contributed by atoms with E-state index in [9.17, 15) is 5.11 Å². The molecule has 96 valence electrons. The monoisotopic (exact) mass is 329 g/mol. The molecule has 0 bridgehead atoms. The fourth-order valence-corrected chi connectivity index (χ4v) is 2.41. The Kier molecular flexibility index (Phi) is 4.04. The molecule has 0 radical (unpaired) electrons. The Bertz CT molecular complexity index is 568. The first kappa shape index (κ1) is 13.5. The minimum atomic E-state index is -0.142. The van der Waals surface area contributed by atoms with E-state index < -0.39 is 0 Å². The van der Waals surface area contributed by atoms with E-state index >= 15 is 0 Å². The summed E-state index contributed by atoms with van der Waals surface area (Å²) in [7, 11) is 0. The second-order valence-corrected chi connectivity index (χ2v) is 5.40. The van der Waals surface area contributed by atoms with E-state index in [1.54, 1.807) is 0 Å². The smallest absolute Gasteiger partial charge is 0.165 e. The van der Waals surface area contributed by atoms with Crippen LogP contribution in [0.25, 0.3) is 11.4 Å². The van der Waals surface area contributed by atoms with Crippen LogP contribution in [0.1, 0.15) is 25.7 Å². The van der Waals surface area contributed by atoms with Crippen LogP contribution in [0.5, 0.6) is 0 Å². The van der Waals surface area contributed by atoms with Crippen molar-refractivity contribution in [1.29, 1.82) is 0 Å². The Morgan fingerprint density at radius 2 is 2.11 bits per heavy atom. The van der Waals surface area contributed by atoms with Crippen molar-refractivity contribution in [2.45, 2.75) is 26.5 Å². The second-order valence-electron chi connectivity index (χ2n) is 4.16. The van der Waals surface area contributed by atoms with Gasteiger partial charge in [0.2, 0.25) is 0 Å². The van der Waals surface area contributed by atoms with Gasteiger partial charge in [0, 0.05) is 16.1 Å². The summed E-state index contributed by atoms with van der Waals surface area (Å²) < 4.78 is 2.69. The van der Waals surface area contributed by atoms with Gasteiger partial charge in [0.15, 0.2) is 11.6 Å². The lowest BCUT2D eigenvalue weighted by Gasteiger charge is -2.14. The van der Waals surface area contributed by atoms with E-state index in [-0.39, 0.29) is 12.6 Å². The molecule has 0 aliphatic heterocycles. The van der Waals surface area contributed by atoms with Crippen LogP contribution in [-0.4, -0.2) is 19.9 Å². The predicted molar refractivity (Wildman–Crippen MR) is 74.5 cm³/mol. The Balaban J connectivity index is 2.64. The second kappa shape index (κ2) is 5.38. The number of hydrogen-bond donors (Lipinski definition) is 1. The van der Waals surface area contributed by atoms with Gasteiger partial charge in [-0.3, -0.25) is 0 Å². The first-order valence-corrected chi connectivity index (χ1v) is 6.72. The van der Waals surface area contributed by atoms with Gasteiger partial charge < -0.3 is 9.67 Å². The summed E-state index contributed by atoms with van der Waals surface area (Å²) >= 11 is 9.66. The number of aliphatic hydroxyl groups is 1. The fraction of sp³-hybridized carbons (Fsp3) is 0.333. The molecule has 1 aromatic heterocycles. The van der Waals surface area contributed by atoms with Crippen LogP contribution in [0, 0.1) is 0 Å². The van der Waals surface area contributed by atoms with Gasteiger partial charge in [-0.15, -0.1) is 10.2 Å². The minimum absolute atomic E-state index is 0.142. The molecule has 2 aromatic rings. The minimum Gasteiger partial charge on any atom is -0.388 e. The van der Waals surface area contributed by atoms with Crippen molar-refractivity contribution in [3.63, 3.8) is 0 Å². The zero-order chi connectivity index (χ0) is 13.3. The fourth-order valence-electron chi connectivity index (χ4n) is 1.83. The maximum atomic E-state index is 9.29. The quantitative estimate of drug-likeness (QED) is 0.938. The van der Waals surface area contributed by atoms with E-state index in [1.165, 1.54) is 0 Å². The van der Waals surface area contributed by atoms with Gasteiger partial charge in [0.05, 0.1) is 5.02 Å². The third-order valence-corrected chi connectivity index (χ3v) is 3.91. The molecule has 0 aliphatic rings. The van der Waals surface area contributed by atoms with Crippen molar-refractivity contribution in [2.75, 3.05) is 0 Å². The molecular formula is C12H13BrClN3O. The highest BCUT2D eigenvalue weighted by molar-refractivity contribution is 9.10. The van der Waals surface area contributed by atoms with E-state index in [0.29, 0.717) is 16.7 Å². The topological polar surface area (TPSA) is 50.9 Å². The van der Waals surface area contributed by atoms with Crippen molar-refractivity contribution < 1.29 is 5.11 Å². The highest BCUT2D eigenvalue weighted by Crippen LogP contribution is 2.34. The molecule has 0 unspecified atom stereocenters. The molecule has 0 atom stereocenters. The molecule has 4 nitrogen and oxygen atoms in total. The van der Waals surface area contributed by atoms with Gasteiger partial charge in [-0.1, -0.05) is 17.7 Å². The Morgan fingerprint density at radius 1 is 1.39 bits per heavy atom. The van der Waals surface area contributed by atoms with Crippen molar-refractivity contribution in [2.24, 2.45) is 0 Å². The highest BCUT2D eigenvalue weighted by atomic mass is 79.9. The van der Waals surface area contributed by atoms with Crippen LogP contribution in [0.4, 0.5) is 0 Å². The molecule has 1 heterocycles. The van der Waals surface area contributed by atoms with Crippen molar-refractivity contribution in [3.8, 4) is 11.4 Å². The number of benzene rings is 1. The van der Waals surface area contributed by atoms with Crippen molar-refractivity contribution in [3.05, 3.63) is 33.5 Å². The van der Waals surface area contributed by atoms with Crippen LogP contribution >= 0.6 is 27.5 Å². The molecule has 0 saturated heterocycles. The largest absolute Gasteiger partial charge is 0.388 e. The molecule has 0 amide bonds. The SMILES string of the molecule is CC(C)n1c(CO)nnc1-c1cccc(Br)c1Cl. The van der Waals surface area contributed by atoms with Crippen LogP contribution in [0.3, 0.4) is 0 Å². The number of halogens is 2. The lowest BCUT2D eigenvalue weighted by atomic mass is 10.2. The van der Waals surface area contributed by atoms with E-state index in [0.717, 1.165) is 10.0 Å². The summed E-state index contributed by atoms with van der Waals surface area (Å²) in [5, 5.41) is 18.0. The normalized spacial score (nSPS) is 11.2. The van der Waals surface area contributed by atoms with Crippen LogP contribution in [0.2, 0.25) is 5.02 Å². The maximum absolute atomic E-state index is 9.29. The summed E-state index contributed by atoms with van der Waals surface area (Å²) in [6, 6.07) is 5.79. The maximum Gasteiger partial charge on any atom is 0.165 e. The standard InChI is InChI=1S/C12H13BrClN3O/c1-7(2)17-10(6-18)15-16-12(17)8-4-3-5-9(13)11(8)14/h3-5,7,18H,6H2,1-2H3. The average molecular weight is 331 g/mol. The van der Waals surface area contributed by atoms with Gasteiger partial charge in [-0.2, -0.15) is 0 Å². The third-order valence-electron chi connectivity index (χ3n) is 2.62. The summed E-state index contributed by atoms with van der Waals surface area (Å²) in [4.78, 5) is 0. The van der Waals surface area contributed by atoms with Crippen molar-refractivity contribution in [1.82, 2.24) is 14.8 Å². The van der Waals surface area contributed by atoms with Crippen LogP contribution in [-0.2, 0) is 6.61 Å². The van der Waals surface area contributed by atoms with Crippen LogP contribution in [0.15, 0.2) is 22.7 Å². The van der Waals surface area contributed by atoms with Gasteiger partial charge >= 0.3 is 0 Å². The average Bonchev–Trinajstić information content (AvgIpc) is 2.76. The zero-order valence-electron chi connectivity index (χ0n) is 10.1. The van der Waals surface area contributed by atoms with Gasteiger partial charge in [0.25, 0.3) is 0 Å². The Hall–Kier alpha value is -0.910. The molecule has 2 rings (SSSR count). The van der Waals surface area contributed by atoms with Gasteiger partial charge in [-0.05, 0) is 41.9 Å². The molecule has 0 aliphatic carbocycles. The van der Waals surface area contributed by atoms with Gasteiger partial charge in [0.1, 0.15) is 6.61 Å². The Morgan fingerprint density at radius 3 is 2.72 bits per heavy atom. The first-order chi connectivity index (χ1) is 8.56. The molecular weight excluding hydrogens is 318 g/mol. The van der Waals surface area contributed by atoms with E-state index in [4.69, 9.17) is 11.6 Å². The molecule has 6 heteroatoms. The highest BCUT2D eigenvalue weighted by Gasteiger charge is 2.18. The number of nitrogens with zero attached hydrogens (tertiary/aromatic N) is 3. The Labute approximate surface area is 119 Å². The lowest BCUT2D eigenvalue weighted by Crippen LogP contribution is -2.08.